The van der Waals surface area contributed by atoms with Crippen LogP contribution in [0.25, 0.3) is 5.76 Å². The van der Waals surface area contributed by atoms with Gasteiger partial charge in [-0.3, -0.25) is 4.98 Å². The smallest absolute Gasteiger partial charge is 0.338 e. The van der Waals surface area contributed by atoms with Gasteiger partial charge in [0.15, 0.2) is 0 Å². The highest BCUT2D eigenvalue weighted by Gasteiger charge is 2.08. The van der Waals surface area contributed by atoms with Crippen molar-refractivity contribution in [2.24, 2.45) is 0 Å². The molecule has 0 saturated carbocycles. The molecule has 0 aromatic carbocycles. The van der Waals surface area contributed by atoms with Crippen molar-refractivity contribution in [1.82, 2.24) is 4.98 Å². The molecule has 15 heavy (non-hydrogen) atoms. The maximum absolute atomic E-state index is 11.3. The molecule has 78 valence electrons. The second-order valence-corrected chi connectivity index (χ2v) is 3.06. The Labute approximate surface area is 89.1 Å². The molecule has 0 unspecified atom stereocenters. The molecule has 1 rings (SSSR count). The molecule has 0 aliphatic rings. The number of esters is 1. The lowest BCUT2D eigenvalue weighted by Crippen LogP contribution is -2.04. The van der Waals surface area contributed by atoms with Gasteiger partial charge >= 0.3 is 5.97 Å². The minimum Gasteiger partial charge on any atom is -0.423 e. The Hall–Kier alpha value is -1.90. The van der Waals surface area contributed by atoms with E-state index in [4.69, 9.17) is 4.74 Å². The zero-order valence-electron chi connectivity index (χ0n) is 8.86. The number of hydrogen-bond donors (Lipinski definition) is 0. The Morgan fingerprint density at radius 2 is 2.33 bits per heavy atom. The largest absolute Gasteiger partial charge is 0.423 e. The van der Waals surface area contributed by atoms with Crippen molar-refractivity contribution in [3.8, 4) is 0 Å². The summed E-state index contributed by atoms with van der Waals surface area (Å²) in [5.41, 5.74) is 1.15. The van der Waals surface area contributed by atoms with Crippen LogP contribution in [0, 0.1) is 0 Å². The van der Waals surface area contributed by atoms with E-state index in [-0.39, 0.29) is 0 Å². The monoisotopic (exact) mass is 203 g/mol. The summed E-state index contributed by atoms with van der Waals surface area (Å²) in [6, 6.07) is 3.61. The summed E-state index contributed by atoms with van der Waals surface area (Å²) in [4.78, 5) is 15.3. The molecule has 0 N–H and O–H groups in total. The fourth-order valence-corrected chi connectivity index (χ4v) is 0.980. The average Bonchev–Trinajstić information content (AvgIpc) is 2.26. The number of aromatic nitrogens is 1. The predicted molar refractivity (Wildman–Crippen MR) is 58.8 cm³/mol. The van der Waals surface area contributed by atoms with Gasteiger partial charge in [-0.25, -0.2) is 4.79 Å². The maximum atomic E-state index is 11.3. The van der Waals surface area contributed by atoms with Gasteiger partial charge in [-0.1, -0.05) is 6.58 Å². The zero-order chi connectivity index (χ0) is 11.3. The highest BCUT2D eigenvalue weighted by atomic mass is 16.5. The van der Waals surface area contributed by atoms with Crippen LogP contribution in [0.4, 0.5) is 0 Å². The van der Waals surface area contributed by atoms with Gasteiger partial charge in [-0.15, -0.1) is 0 Å². The van der Waals surface area contributed by atoms with Crippen LogP contribution in [-0.4, -0.2) is 11.0 Å². The summed E-state index contributed by atoms with van der Waals surface area (Å²) in [6.45, 7) is 6.93. The highest BCUT2D eigenvalue weighted by molar-refractivity contribution is 5.91. The second kappa shape index (κ2) is 5.10. The van der Waals surface area contributed by atoms with Gasteiger partial charge in [0.2, 0.25) is 0 Å². The van der Waals surface area contributed by atoms with Crippen LogP contribution in [0.3, 0.4) is 0 Å². The van der Waals surface area contributed by atoms with Crippen molar-refractivity contribution in [2.75, 3.05) is 0 Å². The van der Waals surface area contributed by atoms with Crippen LogP contribution in [0.2, 0.25) is 0 Å². The fourth-order valence-electron chi connectivity index (χ4n) is 0.980. The summed E-state index contributed by atoms with van der Waals surface area (Å²) >= 11 is 0. The van der Waals surface area contributed by atoms with Crippen molar-refractivity contribution in [3.05, 3.63) is 48.3 Å². The van der Waals surface area contributed by atoms with Crippen LogP contribution in [-0.2, 0) is 9.53 Å². The Morgan fingerprint density at radius 3 is 2.80 bits per heavy atom. The molecule has 0 radical (unpaired) electrons. The molecule has 0 aliphatic heterocycles. The summed E-state index contributed by atoms with van der Waals surface area (Å²) in [5, 5.41) is 0. The van der Waals surface area contributed by atoms with E-state index in [0.29, 0.717) is 11.3 Å². The molecule has 0 amide bonds. The molecule has 0 saturated heterocycles. The van der Waals surface area contributed by atoms with Crippen LogP contribution >= 0.6 is 0 Å². The molecule has 1 aromatic heterocycles. The van der Waals surface area contributed by atoms with Crippen LogP contribution in [0.5, 0.6) is 0 Å². The lowest BCUT2D eigenvalue weighted by molar-refractivity contribution is -0.132. The van der Waals surface area contributed by atoms with E-state index in [9.17, 15) is 4.79 Å². The summed E-state index contributed by atoms with van der Waals surface area (Å²) < 4.78 is 5.13. The topological polar surface area (TPSA) is 39.2 Å². The summed E-state index contributed by atoms with van der Waals surface area (Å²) in [5.74, 6) is 0.0723. The number of carbonyl (C=O) groups excluding carboxylic acids is 1. The van der Waals surface area contributed by atoms with E-state index in [2.05, 4.69) is 11.6 Å². The molecule has 0 atom stereocenters. The second-order valence-electron chi connectivity index (χ2n) is 3.06. The quantitative estimate of drug-likeness (QED) is 0.430. The normalized spacial score (nSPS) is 10.9. The average molecular weight is 203 g/mol. The first kappa shape index (κ1) is 11.2. The van der Waals surface area contributed by atoms with Crippen LogP contribution < -0.4 is 0 Å². The van der Waals surface area contributed by atoms with Gasteiger partial charge in [-0.05, 0) is 32.1 Å². The summed E-state index contributed by atoms with van der Waals surface area (Å²) in [7, 11) is 0. The van der Waals surface area contributed by atoms with Crippen LogP contribution in [0.1, 0.15) is 19.4 Å². The van der Waals surface area contributed by atoms with Gasteiger partial charge in [0, 0.05) is 23.5 Å². The van der Waals surface area contributed by atoms with Gasteiger partial charge < -0.3 is 4.74 Å². The highest BCUT2D eigenvalue weighted by Crippen LogP contribution is 2.15. The lowest BCUT2D eigenvalue weighted by atomic mass is 10.2. The van der Waals surface area contributed by atoms with Crippen LogP contribution in [0.15, 0.2) is 42.8 Å². The van der Waals surface area contributed by atoms with Gasteiger partial charge in [0.05, 0.1) is 0 Å². The van der Waals surface area contributed by atoms with Gasteiger partial charge in [0.25, 0.3) is 0 Å². The Kier molecular flexibility index (Phi) is 3.80. The van der Waals surface area contributed by atoms with E-state index in [0.717, 1.165) is 5.56 Å². The van der Waals surface area contributed by atoms with E-state index >= 15 is 0 Å². The molecule has 0 aliphatic carbocycles. The Morgan fingerprint density at radius 1 is 1.60 bits per heavy atom. The number of hydrogen-bond acceptors (Lipinski definition) is 3. The third kappa shape index (κ3) is 3.06. The van der Waals surface area contributed by atoms with Gasteiger partial charge in [0.1, 0.15) is 5.76 Å². The van der Waals surface area contributed by atoms with Crippen molar-refractivity contribution in [3.63, 3.8) is 0 Å². The van der Waals surface area contributed by atoms with E-state index in [1.165, 1.54) is 0 Å². The van der Waals surface area contributed by atoms with Gasteiger partial charge in [-0.2, -0.15) is 0 Å². The molecule has 1 heterocycles. The SMILES string of the molecule is C=C(C)C(=O)O/C(=C\C)c1cccnc1. The Bertz CT molecular complexity index is 393. The number of rotatable bonds is 3. The third-order valence-electron chi connectivity index (χ3n) is 1.76. The summed E-state index contributed by atoms with van der Waals surface area (Å²) in [6.07, 6.45) is 5.02. The molecule has 0 spiro atoms. The lowest BCUT2D eigenvalue weighted by Gasteiger charge is -2.07. The van der Waals surface area contributed by atoms with Crippen molar-refractivity contribution in [2.45, 2.75) is 13.8 Å². The Balaban J connectivity index is 2.84. The standard InChI is InChI=1S/C12H13NO2/c1-4-11(15-12(14)9(2)3)10-6-5-7-13-8-10/h4-8H,2H2,1,3H3/b11-4-. The minimum atomic E-state index is -0.424. The molecule has 1 aromatic rings. The predicted octanol–water partition coefficient (Wildman–Crippen LogP) is 2.56. The van der Waals surface area contributed by atoms with Crippen molar-refractivity contribution >= 4 is 11.7 Å². The van der Waals surface area contributed by atoms with Crippen molar-refractivity contribution < 1.29 is 9.53 Å². The van der Waals surface area contributed by atoms with E-state index in [1.54, 1.807) is 38.4 Å². The van der Waals surface area contributed by atoms with Crippen molar-refractivity contribution in [1.29, 1.82) is 0 Å². The number of ether oxygens (including phenoxy) is 1. The minimum absolute atomic E-state index is 0.373. The van der Waals surface area contributed by atoms with E-state index in [1.807, 2.05) is 6.07 Å². The molecule has 3 nitrogen and oxygen atoms in total. The number of carbonyl (C=O) groups is 1. The number of nitrogens with zero attached hydrogens (tertiary/aromatic N) is 1. The first-order valence-corrected chi connectivity index (χ1v) is 4.59. The number of allylic oxidation sites excluding steroid dienone is 1. The molecule has 0 bridgehead atoms. The molecule has 0 fully saturated rings. The molecular weight excluding hydrogens is 190 g/mol. The maximum Gasteiger partial charge on any atom is 0.338 e. The molecule has 3 heteroatoms. The fraction of sp³-hybridized carbons (Fsp3) is 0.167. The molecular formula is C12H13NO2. The zero-order valence-corrected chi connectivity index (χ0v) is 8.86. The number of pyridine rings is 1. The first-order chi connectivity index (χ1) is 7.15. The first-order valence-electron chi connectivity index (χ1n) is 4.59. The van der Waals surface area contributed by atoms with E-state index < -0.39 is 5.97 Å². The third-order valence-corrected chi connectivity index (χ3v) is 1.76.